The molecule has 1 aliphatic heterocycles. The van der Waals surface area contributed by atoms with Crippen molar-refractivity contribution in [3.8, 4) is 0 Å². The van der Waals surface area contributed by atoms with Gasteiger partial charge in [-0.25, -0.2) is 0 Å². The van der Waals surface area contributed by atoms with E-state index < -0.39 is 7.60 Å². The fraction of sp³-hybridized carbons (Fsp3) is 0.0769. The fourth-order valence-electron chi connectivity index (χ4n) is 2.13. The maximum Gasteiger partial charge on any atom is 0.354 e. The van der Waals surface area contributed by atoms with Crippen molar-refractivity contribution in [1.29, 1.82) is 0 Å². The van der Waals surface area contributed by atoms with Gasteiger partial charge in [0.1, 0.15) is 0 Å². The Kier molecular flexibility index (Phi) is 2.52. The van der Waals surface area contributed by atoms with Crippen LogP contribution in [0.3, 0.4) is 0 Å². The van der Waals surface area contributed by atoms with E-state index in [1.54, 1.807) is 6.08 Å². The van der Waals surface area contributed by atoms with E-state index in [0.29, 0.717) is 0 Å². The molecule has 0 atom stereocenters. The normalized spacial score (nSPS) is 14.9. The topological polar surface area (TPSA) is 69.6 Å². The summed E-state index contributed by atoms with van der Waals surface area (Å²) in [5, 5.41) is 5.35. The van der Waals surface area contributed by atoms with Gasteiger partial charge in [0.2, 0.25) is 0 Å². The molecular formula is C13H12NO3P. The van der Waals surface area contributed by atoms with Gasteiger partial charge in [0.25, 0.3) is 0 Å². The molecule has 0 amide bonds. The first kappa shape index (κ1) is 11.5. The maximum atomic E-state index is 11.2. The Morgan fingerprint density at radius 2 is 1.78 bits per heavy atom. The van der Waals surface area contributed by atoms with Crippen molar-refractivity contribution in [2.24, 2.45) is 0 Å². The summed E-state index contributed by atoms with van der Waals surface area (Å²) in [6, 6.07) is 11.8. The standard InChI is InChI=1S/C13H12NO3P/c15-18(16,17)12-6-11-5-9-3-1-2-4-10(9)7-13(11)14-8-12/h1-7,14H,8H2,(H2,15,16,17). The lowest BCUT2D eigenvalue weighted by Crippen LogP contribution is -2.10. The molecular weight excluding hydrogens is 249 g/mol. The number of benzene rings is 2. The van der Waals surface area contributed by atoms with Gasteiger partial charge in [0, 0.05) is 12.2 Å². The van der Waals surface area contributed by atoms with Gasteiger partial charge >= 0.3 is 7.60 Å². The van der Waals surface area contributed by atoms with Crippen LogP contribution in [0.25, 0.3) is 16.8 Å². The monoisotopic (exact) mass is 261 g/mol. The predicted octanol–water partition coefficient (Wildman–Crippen LogP) is 2.78. The average Bonchev–Trinajstić information content (AvgIpc) is 2.34. The van der Waals surface area contributed by atoms with Crippen LogP contribution >= 0.6 is 7.60 Å². The third-order valence-corrected chi connectivity index (χ3v) is 4.11. The van der Waals surface area contributed by atoms with Crippen LogP contribution in [0.2, 0.25) is 0 Å². The predicted molar refractivity (Wildman–Crippen MR) is 72.5 cm³/mol. The molecule has 5 heteroatoms. The summed E-state index contributed by atoms with van der Waals surface area (Å²) in [7, 11) is -4.16. The zero-order chi connectivity index (χ0) is 12.8. The Morgan fingerprint density at radius 1 is 1.11 bits per heavy atom. The van der Waals surface area contributed by atoms with Gasteiger partial charge in [-0.3, -0.25) is 4.57 Å². The van der Waals surface area contributed by atoms with E-state index in [1.807, 2.05) is 36.4 Å². The zero-order valence-electron chi connectivity index (χ0n) is 9.50. The molecule has 4 nitrogen and oxygen atoms in total. The van der Waals surface area contributed by atoms with Gasteiger partial charge in [0.15, 0.2) is 0 Å². The van der Waals surface area contributed by atoms with E-state index in [1.165, 1.54) is 0 Å². The number of hydrogen-bond acceptors (Lipinski definition) is 2. The largest absolute Gasteiger partial charge is 0.380 e. The Morgan fingerprint density at radius 3 is 2.44 bits per heavy atom. The van der Waals surface area contributed by atoms with Crippen molar-refractivity contribution in [2.75, 3.05) is 11.9 Å². The van der Waals surface area contributed by atoms with Crippen molar-refractivity contribution in [3.05, 3.63) is 47.3 Å². The number of hydrogen-bond donors (Lipinski definition) is 3. The summed E-state index contributed by atoms with van der Waals surface area (Å²) in [5.41, 5.74) is 1.73. The molecule has 0 unspecified atom stereocenters. The Hall–Kier alpha value is -1.61. The fourth-order valence-corrected chi connectivity index (χ4v) is 2.73. The molecule has 0 fully saturated rings. The Labute approximate surface area is 104 Å². The van der Waals surface area contributed by atoms with Gasteiger partial charge in [-0.2, -0.15) is 0 Å². The van der Waals surface area contributed by atoms with E-state index >= 15 is 0 Å². The van der Waals surface area contributed by atoms with Crippen LogP contribution in [0.15, 0.2) is 41.7 Å². The molecule has 3 N–H and O–H groups in total. The van der Waals surface area contributed by atoms with E-state index in [2.05, 4.69) is 5.32 Å². The first-order valence-electron chi connectivity index (χ1n) is 5.57. The third-order valence-electron chi connectivity index (χ3n) is 3.07. The average molecular weight is 261 g/mol. The van der Waals surface area contributed by atoms with Crippen molar-refractivity contribution >= 4 is 30.1 Å². The summed E-state index contributed by atoms with van der Waals surface area (Å²) >= 11 is 0. The molecule has 2 aromatic rings. The van der Waals surface area contributed by atoms with Crippen LogP contribution in [0.5, 0.6) is 0 Å². The Bertz CT molecular complexity index is 702. The van der Waals surface area contributed by atoms with Crippen LogP contribution in [0, 0.1) is 0 Å². The smallest absolute Gasteiger partial charge is 0.354 e. The summed E-state index contributed by atoms with van der Waals surface area (Å²) < 4.78 is 11.2. The number of nitrogens with one attached hydrogen (secondary N) is 1. The lowest BCUT2D eigenvalue weighted by molar-refractivity contribution is 0.382. The molecule has 0 radical (unpaired) electrons. The van der Waals surface area contributed by atoms with E-state index in [0.717, 1.165) is 22.0 Å². The van der Waals surface area contributed by atoms with Crippen LogP contribution in [-0.2, 0) is 4.57 Å². The second-order valence-corrected chi connectivity index (χ2v) is 5.98. The second-order valence-electron chi connectivity index (χ2n) is 4.32. The summed E-state index contributed by atoms with van der Waals surface area (Å²) in [5.74, 6) is 0. The lowest BCUT2D eigenvalue weighted by Gasteiger charge is -2.20. The summed E-state index contributed by atoms with van der Waals surface area (Å²) in [6.07, 6.45) is 1.58. The van der Waals surface area contributed by atoms with Crippen molar-refractivity contribution in [3.63, 3.8) is 0 Å². The quantitative estimate of drug-likeness (QED) is 0.690. The molecule has 1 aliphatic rings. The van der Waals surface area contributed by atoms with E-state index in [4.69, 9.17) is 0 Å². The minimum absolute atomic E-state index is 0.130. The van der Waals surface area contributed by atoms with Gasteiger partial charge in [0.05, 0.1) is 5.31 Å². The molecule has 0 aromatic heterocycles. The number of anilines is 1. The zero-order valence-corrected chi connectivity index (χ0v) is 10.4. The van der Waals surface area contributed by atoms with Crippen molar-refractivity contribution in [2.45, 2.75) is 0 Å². The van der Waals surface area contributed by atoms with E-state index in [-0.39, 0.29) is 11.9 Å². The van der Waals surface area contributed by atoms with Gasteiger partial charge in [-0.05, 0) is 34.5 Å². The highest BCUT2D eigenvalue weighted by atomic mass is 31.2. The minimum atomic E-state index is -4.16. The molecule has 92 valence electrons. The SMILES string of the molecule is O=P(O)(O)C1=Cc2cc3ccccc3cc2NC1. The highest BCUT2D eigenvalue weighted by molar-refractivity contribution is 7.56. The van der Waals surface area contributed by atoms with Crippen molar-refractivity contribution in [1.82, 2.24) is 0 Å². The second kappa shape index (κ2) is 3.95. The molecule has 3 rings (SSSR count). The molecule has 0 saturated heterocycles. The Balaban J connectivity index is 2.19. The maximum absolute atomic E-state index is 11.2. The van der Waals surface area contributed by atoms with Gasteiger partial charge in [-0.15, -0.1) is 0 Å². The minimum Gasteiger partial charge on any atom is -0.380 e. The molecule has 2 aromatic carbocycles. The molecule has 18 heavy (non-hydrogen) atoms. The first-order valence-corrected chi connectivity index (χ1v) is 7.19. The van der Waals surface area contributed by atoms with Crippen LogP contribution < -0.4 is 5.32 Å². The number of fused-ring (bicyclic) bond motifs is 2. The highest BCUT2D eigenvalue weighted by Crippen LogP contribution is 2.48. The van der Waals surface area contributed by atoms with Crippen LogP contribution in [0.1, 0.15) is 5.56 Å². The van der Waals surface area contributed by atoms with Crippen molar-refractivity contribution < 1.29 is 14.4 Å². The van der Waals surface area contributed by atoms with Gasteiger partial charge < -0.3 is 15.1 Å². The molecule has 0 saturated carbocycles. The number of rotatable bonds is 1. The third kappa shape index (κ3) is 1.95. The molecule has 1 heterocycles. The van der Waals surface area contributed by atoms with E-state index in [9.17, 15) is 14.4 Å². The van der Waals surface area contributed by atoms with Crippen LogP contribution in [0.4, 0.5) is 5.69 Å². The summed E-state index contributed by atoms with van der Waals surface area (Å²) in [4.78, 5) is 18.4. The van der Waals surface area contributed by atoms with Crippen LogP contribution in [-0.4, -0.2) is 16.3 Å². The first-order chi connectivity index (χ1) is 8.54. The molecule has 0 spiro atoms. The molecule has 0 bridgehead atoms. The summed E-state index contributed by atoms with van der Waals surface area (Å²) in [6.45, 7) is 0.190. The lowest BCUT2D eigenvalue weighted by atomic mass is 10.0. The molecule has 0 aliphatic carbocycles. The highest BCUT2D eigenvalue weighted by Gasteiger charge is 2.24. The van der Waals surface area contributed by atoms with Gasteiger partial charge in [-0.1, -0.05) is 24.3 Å².